The maximum atomic E-state index is 11.3. The summed E-state index contributed by atoms with van der Waals surface area (Å²) in [6.07, 6.45) is 0.655. The number of aliphatic carboxylic acids is 1. The SMILES string of the molecule is COc1ccccc1C12COC(C1)C2C(=O)O. The molecule has 4 heteroatoms. The van der Waals surface area contributed by atoms with Gasteiger partial charge in [-0.2, -0.15) is 0 Å². The predicted molar refractivity (Wildman–Crippen MR) is 60.2 cm³/mol. The minimum atomic E-state index is -0.773. The van der Waals surface area contributed by atoms with Crippen molar-refractivity contribution < 1.29 is 19.4 Å². The fraction of sp³-hybridized carbons (Fsp3) is 0.462. The van der Waals surface area contributed by atoms with Crippen LogP contribution in [0.1, 0.15) is 12.0 Å². The molecule has 3 atom stereocenters. The zero-order valence-corrected chi connectivity index (χ0v) is 9.55. The highest BCUT2D eigenvalue weighted by molar-refractivity contribution is 5.76. The summed E-state index contributed by atoms with van der Waals surface area (Å²) in [5, 5.41) is 9.28. The average molecular weight is 234 g/mol. The van der Waals surface area contributed by atoms with Crippen molar-refractivity contribution in [3.8, 4) is 5.75 Å². The number of carboxylic acid groups (broad SMARTS) is 1. The van der Waals surface area contributed by atoms with Gasteiger partial charge in [-0.15, -0.1) is 0 Å². The first-order chi connectivity index (χ1) is 8.19. The maximum Gasteiger partial charge on any atom is 0.310 e. The molecule has 1 N–H and O–H groups in total. The molecule has 2 saturated heterocycles. The number of hydrogen-bond donors (Lipinski definition) is 1. The number of hydrogen-bond acceptors (Lipinski definition) is 3. The van der Waals surface area contributed by atoms with Gasteiger partial charge in [-0.05, 0) is 12.5 Å². The van der Waals surface area contributed by atoms with E-state index in [1.54, 1.807) is 7.11 Å². The molecule has 0 radical (unpaired) electrons. The Morgan fingerprint density at radius 3 is 2.94 bits per heavy atom. The van der Waals surface area contributed by atoms with Gasteiger partial charge >= 0.3 is 5.97 Å². The molecule has 3 aliphatic rings. The van der Waals surface area contributed by atoms with Gasteiger partial charge in [0.1, 0.15) is 5.75 Å². The molecule has 17 heavy (non-hydrogen) atoms. The fourth-order valence-corrected chi connectivity index (χ4v) is 3.17. The van der Waals surface area contributed by atoms with Crippen molar-refractivity contribution in [2.75, 3.05) is 13.7 Å². The van der Waals surface area contributed by atoms with Crippen molar-refractivity contribution in [2.45, 2.75) is 17.9 Å². The Kier molecular flexibility index (Phi) is 2.16. The number of ether oxygens (including phenoxy) is 2. The van der Waals surface area contributed by atoms with Crippen molar-refractivity contribution in [3.63, 3.8) is 0 Å². The van der Waals surface area contributed by atoms with Crippen LogP contribution in [0, 0.1) is 5.92 Å². The molecule has 4 nitrogen and oxygen atoms in total. The van der Waals surface area contributed by atoms with Crippen LogP contribution in [0.4, 0.5) is 0 Å². The molecular weight excluding hydrogens is 220 g/mol. The van der Waals surface area contributed by atoms with Crippen LogP contribution in [0.15, 0.2) is 24.3 Å². The number of carbonyl (C=O) groups is 1. The first kappa shape index (κ1) is 10.6. The quantitative estimate of drug-likeness (QED) is 0.859. The minimum Gasteiger partial charge on any atom is -0.496 e. The van der Waals surface area contributed by atoms with Gasteiger partial charge in [-0.25, -0.2) is 0 Å². The largest absolute Gasteiger partial charge is 0.496 e. The lowest BCUT2D eigenvalue weighted by Crippen LogP contribution is -2.52. The van der Waals surface area contributed by atoms with Crippen molar-refractivity contribution in [1.29, 1.82) is 0 Å². The van der Waals surface area contributed by atoms with Crippen LogP contribution < -0.4 is 4.74 Å². The number of rotatable bonds is 3. The highest BCUT2D eigenvalue weighted by atomic mass is 16.5. The lowest BCUT2D eigenvalue weighted by Gasteiger charge is -2.42. The topological polar surface area (TPSA) is 55.8 Å². The fourth-order valence-electron chi connectivity index (χ4n) is 3.17. The second-order valence-electron chi connectivity index (χ2n) is 4.73. The molecule has 1 aromatic rings. The van der Waals surface area contributed by atoms with E-state index in [1.807, 2.05) is 24.3 Å². The number of para-hydroxylation sites is 1. The van der Waals surface area contributed by atoms with Crippen LogP contribution >= 0.6 is 0 Å². The number of methoxy groups -OCH3 is 1. The number of benzene rings is 1. The molecule has 1 saturated carbocycles. The summed E-state index contributed by atoms with van der Waals surface area (Å²) in [6.45, 7) is 0.481. The van der Waals surface area contributed by atoms with E-state index in [9.17, 15) is 9.90 Å². The van der Waals surface area contributed by atoms with E-state index in [0.717, 1.165) is 17.7 Å². The molecule has 2 heterocycles. The van der Waals surface area contributed by atoms with Crippen LogP contribution in [-0.2, 0) is 14.9 Å². The number of carboxylic acids is 1. The third-order valence-electron chi connectivity index (χ3n) is 4.00. The summed E-state index contributed by atoms with van der Waals surface area (Å²) >= 11 is 0. The second-order valence-corrected chi connectivity index (χ2v) is 4.73. The van der Waals surface area contributed by atoms with Crippen LogP contribution in [-0.4, -0.2) is 30.9 Å². The summed E-state index contributed by atoms with van der Waals surface area (Å²) in [5.74, 6) is -0.453. The first-order valence-corrected chi connectivity index (χ1v) is 5.67. The highest BCUT2D eigenvalue weighted by Crippen LogP contribution is 2.58. The van der Waals surface area contributed by atoms with Crippen LogP contribution in [0.3, 0.4) is 0 Å². The molecule has 1 aromatic carbocycles. The van der Waals surface area contributed by atoms with E-state index in [4.69, 9.17) is 9.47 Å². The second kappa shape index (κ2) is 3.47. The van der Waals surface area contributed by atoms with E-state index in [1.165, 1.54) is 0 Å². The van der Waals surface area contributed by atoms with E-state index >= 15 is 0 Å². The zero-order valence-electron chi connectivity index (χ0n) is 9.55. The molecule has 3 fully saturated rings. The minimum absolute atomic E-state index is 0.127. The molecule has 1 aliphatic carbocycles. The van der Waals surface area contributed by atoms with Crippen molar-refractivity contribution in [2.24, 2.45) is 5.92 Å². The van der Waals surface area contributed by atoms with E-state index in [-0.39, 0.29) is 11.5 Å². The predicted octanol–water partition coefficient (Wildman–Crippen LogP) is 1.44. The van der Waals surface area contributed by atoms with E-state index in [0.29, 0.717) is 6.61 Å². The lowest BCUT2D eigenvalue weighted by atomic mass is 9.57. The van der Waals surface area contributed by atoms with Crippen molar-refractivity contribution >= 4 is 5.97 Å². The Labute approximate surface area is 99.2 Å². The molecule has 2 aliphatic heterocycles. The van der Waals surface area contributed by atoms with E-state index < -0.39 is 11.9 Å². The van der Waals surface area contributed by atoms with Crippen LogP contribution in [0.25, 0.3) is 0 Å². The third-order valence-corrected chi connectivity index (χ3v) is 4.00. The molecule has 4 rings (SSSR count). The van der Waals surface area contributed by atoms with Gasteiger partial charge in [-0.3, -0.25) is 4.79 Å². The summed E-state index contributed by atoms with van der Waals surface area (Å²) in [5.41, 5.74) is 0.576. The van der Waals surface area contributed by atoms with Crippen molar-refractivity contribution in [3.05, 3.63) is 29.8 Å². The normalized spacial score (nSPS) is 34.2. The Morgan fingerprint density at radius 1 is 1.53 bits per heavy atom. The van der Waals surface area contributed by atoms with Gasteiger partial charge in [0.2, 0.25) is 0 Å². The number of fused-ring (bicyclic) bond motifs is 1. The lowest BCUT2D eigenvalue weighted by molar-refractivity contribution is -0.150. The first-order valence-electron chi connectivity index (χ1n) is 5.67. The van der Waals surface area contributed by atoms with Crippen LogP contribution in [0.2, 0.25) is 0 Å². The summed E-state index contributed by atoms with van der Waals surface area (Å²) in [6, 6.07) is 7.62. The average Bonchev–Trinajstić information content (AvgIpc) is 2.87. The van der Waals surface area contributed by atoms with Gasteiger partial charge in [0.15, 0.2) is 0 Å². The monoisotopic (exact) mass is 234 g/mol. The highest BCUT2D eigenvalue weighted by Gasteiger charge is 2.65. The Balaban J connectivity index is 2.06. The third kappa shape index (κ3) is 1.24. The standard InChI is InChI=1S/C13H14O4/c1-16-9-5-3-2-4-8(9)13-6-10(17-7-13)11(13)12(14)15/h2-5,10-11H,6-7H2,1H3,(H,14,15). The smallest absolute Gasteiger partial charge is 0.310 e. The van der Waals surface area contributed by atoms with Gasteiger partial charge in [0, 0.05) is 11.0 Å². The maximum absolute atomic E-state index is 11.3. The summed E-state index contributed by atoms with van der Waals surface area (Å²) in [4.78, 5) is 11.3. The zero-order chi connectivity index (χ0) is 12.0. The van der Waals surface area contributed by atoms with Gasteiger partial charge in [0.05, 0.1) is 25.7 Å². The van der Waals surface area contributed by atoms with Gasteiger partial charge in [0.25, 0.3) is 0 Å². The van der Waals surface area contributed by atoms with Gasteiger partial charge in [-0.1, -0.05) is 18.2 Å². The van der Waals surface area contributed by atoms with Crippen molar-refractivity contribution in [1.82, 2.24) is 0 Å². The Morgan fingerprint density at radius 2 is 2.29 bits per heavy atom. The molecule has 0 aromatic heterocycles. The summed E-state index contributed by atoms with van der Waals surface area (Å²) in [7, 11) is 1.61. The molecule has 2 bridgehead atoms. The molecular formula is C13H14O4. The Bertz CT molecular complexity index is 466. The molecule has 90 valence electrons. The van der Waals surface area contributed by atoms with Crippen LogP contribution in [0.5, 0.6) is 5.75 Å². The molecule has 0 spiro atoms. The van der Waals surface area contributed by atoms with E-state index in [2.05, 4.69) is 0 Å². The summed E-state index contributed by atoms with van der Waals surface area (Å²) < 4.78 is 10.8. The van der Waals surface area contributed by atoms with Gasteiger partial charge < -0.3 is 14.6 Å². The molecule has 0 amide bonds. The molecule has 3 unspecified atom stereocenters. The Hall–Kier alpha value is -1.55.